The molecule has 0 aliphatic heterocycles. The van der Waals surface area contributed by atoms with Crippen molar-refractivity contribution in [2.24, 2.45) is 0 Å². The van der Waals surface area contributed by atoms with Gasteiger partial charge in [-0.3, -0.25) is 5.32 Å². The van der Waals surface area contributed by atoms with Crippen LogP contribution in [0.3, 0.4) is 0 Å². The number of hydrogen-bond acceptors (Lipinski definition) is 1. The molecule has 3 rings (SSSR count). The highest BCUT2D eigenvalue weighted by molar-refractivity contribution is 6.30. The normalized spacial score (nSPS) is 12.3. The molecule has 23 heavy (non-hydrogen) atoms. The SMILES string of the molecule is CC(NC(c1ccccc1)c1ccccc1)c1ccc(Cl)cc1. The van der Waals surface area contributed by atoms with Crippen LogP contribution in [-0.4, -0.2) is 0 Å². The van der Waals surface area contributed by atoms with E-state index in [1.165, 1.54) is 16.7 Å². The Balaban J connectivity index is 1.88. The van der Waals surface area contributed by atoms with Gasteiger partial charge in [-0.1, -0.05) is 84.4 Å². The van der Waals surface area contributed by atoms with Crippen molar-refractivity contribution in [2.75, 3.05) is 0 Å². The molecule has 0 radical (unpaired) electrons. The van der Waals surface area contributed by atoms with Gasteiger partial charge in [-0.05, 0) is 35.7 Å². The zero-order chi connectivity index (χ0) is 16.1. The summed E-state index contributed by atoms with van der Waals surface area (Å²) in [5.41, 5.74) is 3.75. The van der Waals surface area contributed by atoms with Gasteiger partial charge in [0, 0.05) is 11.1 Å². The van der Waals surface area contributed by atoms with Crippen LogP contribution in [-0.2, 0) is 0 Å². The average Bonchev–Trinajstić information content (AvgIpc) is 2.61. The minimum Gasteiger partial charge on any atom is -0.300 e. The summed E-state index contributed by atoms with van der Waals surface area (Å²) in [6, 6.07) is 29.5. The predicted octanol–water partition coefficient (Wildman–Crippen LogP) is 5.78. The van der Waals surface area contributed by atoms with E-state index in [1.54, 1.807) is 0 Å². The number of halogens is 1. The molecule has 0 spiro atoms. The van der Waals surface area contributed by atoms with Crippen LogP contribution < -0.4 is 5.32 Å². The standard InChI is InChI=1S/C21H20ClN/c1-16(17-12-14-20(22)15-13-17)23-21(18-8-4-2-5-9-18)19-10-6-3-7-11-19/h2-16,21,23H,1H3. The van der Waals surface area contributed by atoms with Crippen molar-refractivity contribution in [3.8, 4) is 0 Å². The summed E-state index contributed by atoms with van der Waals surface area (Å²) in [7, 11) is 0. The van der Waals surface area contributed by atoms with E-state index in [0.717, 1.165) is 5.02 Å². The maximum absolute atomic E-state index is 5.99. The Hall–Kier alpha value is -2.09. The van der Waals surface area contributed by atoms with Crippen molar-refractivity contribution in [3.63, 3.8) is 0 Å². The Bertz CT molecular complexity index is 683. The Morgan fingerprint density at radius 1 is 0.652 bits per heavy atom. The minimum absolute atomic E-state index is 0.156. The molecule has 0 heterocycles. The lowest BCUT2D eigenvalue weighted by Crippen LogP contribution is -2.25. The van der Waals surface area contributed by atoms with Crippen molar-refractivity contribution in [2.45, 2.75) is 19.0 Å². The van der Waals surface area contributed by atoms with Gasteiger partial charge in [-0.2, -0.15) is 0 Å². The monoisotopic (exact) mass is 321 g/mol. The molecule has 1 nitrogen and oxygen atoms in total. The number of hydrogen-bond donors (Lipinski definition) is 1. The van der Waals surface area contributed by atoms with Gasteiger partial charge < -0.3 is 0 Å². The van der Waals surface area contributed by atoms with E-state index in [2.05, 4.69) is 72.9 Å². The Morgan fingerprint density at radius 3 is 1.61 bits per heavy atom. The quantitative estimate of drug-likeness (QED) is 0.628. The van der Waals surface area contributed by atoms with Crippen molar-refractivity contribution in [1.29, 1.82) is 0 Å². The molecule has 0 aliphatic rings. The van der Waals surface area contributed by atoms with Gasteiger partial charge in [-0.25, -0.2) is 0 Å². The third kappa shape index (κ3) is 4.01. The van der Waals surface area contributed by atoms with E-state index >= 15 is 0 Å². The van der Waals surface area contributed by atoms with Crippen LogP contribution in [0.4, 0.5) is 0 Å². The fourth-order valence-electron chi connectivity index (χ4n) is 2.77. The average molecular weight is 322 g/mol. The highest BCUT2D eigenvalue weighted by Crippen LogP contribution is 2.26. The second-order valence-corrected chi connectivity index (χ2v) is 6.13. The molecule has 2 heteroatoms. The first kappa shape index (κ1) is 15.8. The van der Waals surface area contributed by atoms with Crippen molar-refractivity contribution in [3.05, 3.63) is 107 Å². The van der Waals surface area contributed by atoms with Crippen LogP contribution in [0.25, 0.3) is 0 Å². The molecule has 116 valence electrons. The number of rotatable bonds is 5. The van der Waals surface area contributed by atoms with Crippen molar-refractivity contribution in [1.82, 2.24) is 5.32 Å². The van der Waals surface area contributed by atoms with E-state index in [4.69, 9.17) is 11.6 Å². The summed E-state index contributed by atoms with van der Waals surface area (Å²) in [4.78, 5) is 0. The van der Waals surface area contributed by atoms with Crippen LogP contribution in [0.5, 0.6) is 0 Å². The van der Waals surface area contributed by atoms with Crippen LogP contribution in [0.2, 0.25) is 5.02 Å². The molecule has 1 N–H and O–H groups in total. The predicted molar refractivity (Wildman–Crippen MR) is 97.7 cm³/mol. The zero-order valence-corrected chi connectivity index (χ0v) is 13.9. The van der Waals surface area contributed by atoms with E-state index < -0.39 is 0 Å². The third-order valence-corrected chi connectivity index (χ3v) is 4.30. The highest BCUT2D eigenvalue weighted by atomic mass is 35.5. The molecule has 3 aromatic carbocycles. The summed E-state index contributed by atoms with van der Waals surface area (Å²) in [5.74, 6) is 0. The molecule has 3 aromatic rings. The van der Waals surface area contributed by atoms with Gasteiger partial charge in [0.25, 0.3) is 0 Å². The summed E-state index contributed by atoms with van der Waals surface area (Å²) in [6.45, 7) is 2.18. The number of nitrogens with one attached hydrogen (secondary N) is 1. The minimum atomic E-state index is 0.156. The zero-order valence-electron chi connectivity index (χ0n) is 13.1. The molecular formula is C21H20ClN. The third-order valence-electron chi connectivity index (χ3n) is 4.05. The van der Waals surface area contributed by atoms with E-state index in [1.807, 2.05) is 24.3 Å². The molecule has 1 atom stereocenters. The van der Waals surface area contributed by atoms with Gasteiger partial charge in [0.05, 0.1) is 6.04 Å². The largest absolute Gasteiger partial charge is 0.300 e. The Labute approximate surface area is 142 Å². The van der Waals surface area contributed by atoms with Gasteiger partial charge in [0.2, 0.25) is 0 Å². The van der Waals surface area contributed by atoms with Crippen LogP contribution in [0.1, 0.15) is 35.7 Å². The molecular weight excluding hydrogens is 302 g/mol. The molecule has 0 fully saturated rings. The fourth-order valence-corrected chi connectivity index (χ4v) is 2.90. The number of benzene rings is 3. The topological polar surface area (TPSA) is 12.0 Å². The van der Waals surface area contributed by atoms with Gasteiger partial charge in [-0.15, -0.1) is 0 Å². The van der Waals surface area contributed by atoms with Gasteiger partial charge >= 0.3 is 0 Å². The smallest absolute Gasteiger partial charge is 0.0581 e. The maximum atomic E-state index is 5.99. The lowest BCUT2D eigenvalue weighted by molar-refractivity contribution is 0.516. The maximum Gasteiger partial charge on any atom is 0.0581 e. The molecule has 0 aromatic heterocycles. The van der Waals surface area contributed by atoms with Gasteiger partial charge in [0.15, 0.2) is 0 Å². The van der Waals surface area contributed by atoms with Crippen molar-refractivity contribution >= 4 is 11.6 Å². The first-order valence-corrected chi connectivity index (χ1v) is 8.23. The molecule has 0 bridgehead atoms. The first-order valence-electron chi connectivity index (χ1n) is 7.85. The molecule has 0 saturated carbocycles. The van der Waals surface area contributed by atoms with E-state index in [9.17, 15) is 0 Å². The second-order valence-electron chi connectivity index (χ2n) is 5.69. The summed E-state index contributed by atoms with van der Waals surface area (Å²) >= 11 is 5.99. The van der Waals surface area contributed by atoms with Crippen molar-refractivity contribution < 1.29 is 0 Å². The Morgan fingerprint density at radius 2 is 1.13 bits per heavy atom. The summed E-state index contributed by atoms with van der Waals surface area (Å²) in [5, 5.41) is 4.51. The second kappa shape index (κ2) is 7.45. The highest BCUT2D eigenvalue weighted by Gasteiger charge is 2.17. The summed E-state index contributed by atoms with van der Waals surface area (Å²) < 4.78 is 0. The fraction of sp³-hybridized carbons (Fsp3) is 0.143. The van der Waals surface area contributed by atoms with Crippen LogP contribution >= 0.6 is 11.6 Å². The van der Waals surface area contributed by atoms with E-state index in [-0.39, 0.29) is 12.1 Å². The molecule has 0 amide bonds. The summed E-state index contributed by atoms with van der Waals surface area (Å²) in [6.07, 6.45) is 0. The first-order chi connectivity index (χ1) is 11.2. The lowest BCUT2D eigenvalue weighted by atomic mass is 9.97. The molecule has 0 aliphatic carbocycles. The lowest BCUT2D eigenvalue weighted by Gasteiger charge is -2.25. The van der Waals surface area contributed by atoms with E-state index in [0.29, 0.717) is 0 Å². The van der Waals surface area contributed by atoms with Crippen LogP contribution in [0.15, 0.2) is 84.9 Å². The van der Waals surface area contributed by atoms with Gasteiger partial charge in [0.1, 0.15) is 0 Å². The van der Waals surface area contributed by atoms with Crippen LogP contribution in [0, 0.1) is 0 Å². The Kier molecular flexibility index (Phi) is 5.12. The molecule has 1 unspecified atom stereocenters. The molecule has 0 saturated heterocycles.